The zero-order valence-electron chi connectivity index (χ0n) is 15.8. The maximum atomic E-state index is 12.0. The van der Waals surface area contributed by atoms with E-state index in [1.165, 1.54) is 37.6 Å². The Morgan fingerprint density at radius 3 is 2.32 bits per heavy atom. The lowest BCUT2D eigenvalue weighted by Gasteiger charge is -2.22. The summed E-state index contributed by atoms with van der Waals surface area (Å²) < 4.78 is 0. The highest BCUT2D eigenvalue weighted by Crippen LogP contribution is 2.17. The number of hydrogen-bond acceptors (Lipinski definition) is 4. The topological polar surface area (TPSA) is 137 Å². The van der Waals surface area contributed by atoms with Crippen LogP contribution in [0.25, 0.3) is 0 Å². The molecule has 0 heterocycles. The number of carbonyl (C=O) groups excluding carboxylic acids is 3. The molecule has 0 aromatic heterocycles. The molecule has 2 rings (SSSR count). The lowest BCUT2D eigenvalue weighted by molar-refractivity contribution is -0.138. The van der Waals surface area contributed by atoms with Crippen LogP contribution in [0.15, 0.2) is 24.3 Å². The normalized spacial score (nSPS) is 15.2. The zero-order chi connectivity index (χ0) is 20.5. The summed E-state index contributed by atoms with van der Waals surface area (Å²) in [6.07, 6.45) is 5.33. The van der Waals surface area contributed by atoms with Crippen LogP contribution in [0.5, 0.6) is 0 Å². The van der Waals surface area contributed by atoms with Gasteiger partial charge in [0.05, 0.1) is 6.54 Å². The molecule has 9 heteroatoms. The van der Waals surface area contributed by atoms with Crippen LogP contribution in [0.1, 0.15) is 49.4 Å². The Labute approximate surface area is 163 Å². The molecule has 1 aliphatic carbocycles. The van der Waals surface area contributed by atoms with Crippen LogP contribution >= 0.6 is 0 Å². The van der Waals surface area contributed by atoms with Crippen molar-refractivity contribution in [3.63, 3.8) is 0 Å². The Balaban J connectivity index is 1.75. The van der Waals surface area contributed by atoms with Crippen LogP contribution in [0.4, 0.5) is 10.5 Å². The third kappa shape index (κ3) is 6.90. The highest BCUT2D eigenvalue weighted by atomic mass is 16.4. The highest BCUT2D eigenvalue weighted by molar-refractivity contribution is 5.98. The van der Waals surface area contributed by atoms with Crippen LogP contribution in [0.2, 0.25) is 0 Å². The van der Waals surface area contributed by atoms with Crippen LogP contribution in [0.3, 0.4) is 0 Å². The second-order valence-corrected chi connectivity index (χ2v) is 6.82. The van der Waals surface area contributed by atoms with Crippen molar-refractivity contribution in [2.45, 2.75) is 51.1 Å². The number of hydrogen-bond donors (Lipinski definition) is 5. The van der Waals surface area contributed by atoms with Gasteiger partial charge in [-0.15, -0.1) is 0 Å². The molecule has 0 spiro atoms. The molecule has 1 aromatic rings. The van der Waals surface area contributed by atoms with Gasteiger partial charge in [0.1, 0.15) is 6.04 Å². The van der Waals surface area contributed by atoms with Crippen molar-refractivity contribution in [1.82, 2.24) is 16.0 Å². The SMILES string of the molecule is CC(NC(=O)c1ccc(NC(=O)CNC(=O)NC2CCCCC2)cc1)C(=O)O. The van der Waals surface area contributed by atoms with Crippen molar-refractivity contribution >= 4 is 29.5 Å². The largest absolute Gasteiger partial charge is 0.480 e. The van der Waals surface area contributed by atoms with E-state index in [1.807, 2.05) is 0 Å². The minimum Gasteiger partial charge on any atom is -0.480 e. The molecule has 9 nitrogen and oxygen atoms in total. The fraction of sp³-hybridized carbons (Fsp3) is 0.474. The van der Waals surface area contributed by atoms with Gasteiger partial charge in [0.2, 0.25) is 5.91 Å². The first-order valence-corrected chi connectivity index (χ1v) is 9.33. The van der Waals surface area contributed by atoms with Gasteiger partial charge in [-0.2, -0.15) is 0 Å². The predicted molar refractivity (Wildman–Crippen MR) is 103 cm³/mol. The summed E-state index contributed by atoms with van der Waals surface area (Å²) in [6.45, 7) is 1.20. The van der Waals surface area contributed by atoms with E-state index in [4.69, 9.17) is 5.11 Å². The predicted octanol–water partition coefficient (Wildman–Crippen LogP) is 1.46. The molecule has 1 unspecified atom stereocenters. The highest BCUT2D eigenvalue weighted by Gasteiger charge is 2.17. The van der Waals surface area contributed by atoms with Crippen molar-refractivity contribution in [3.8, 4) is 0 Å². The number of carboxylic acid groups (broad SMARTS) is 1. The van der Waals surface area contributed by atoms with Crippen molar-refractivity contribution in [2.75, 3.05) is 11.9 Å². The third-order valence-corrected chi connectivity index (χ3v) is 4.50. The molecule has 1 saturated carbocycles. The van der Waals surface area contributed by atoms with Gasteiger partial charge in [-0.25, -0.2) is 4.79 Å². The molecule has 0 saturated heterocycles. The molecule has 152 valence electrons. The van der Waals surface area contributed by atoms with Crippen LogP contribution in [-0.4, -0.2) is 47.5 Å². The molecule has 1 atom stereocenters. The number of urea groups is 1. The second kappa shape index (κ2) is 10.3. The number of rotatable bonds is 7. The summed E-state index contributed by atoms with van der Waals surface area (Å²) >= 11 is 0. The summed E-state index contributed by atoms with van der Waals surface area (Å²) in [5.41, 5.74) is 0.735. The first kappa shape index (κ1) is 21.2. The van der Waals surface area contributed by atoms with Gasteiger partial charge in [-0.05, 0) is 44.0 Å². The average molecular weight is 390 g/mol. The molecule has 1 fully saturated rings. The molecule has 1 aromatic carbocycles. The van der Waals surface area contributed by atoms with Gasteiger partial charge in [0.15, 0.2) is 0 Å². The quantitative estimate of drug-likeness (QED) is 0.480. The molecule has 28 heavy (non-hydrogen) atoms. The van der Waals surface area contributed by atoms with Gasteiger partial charge in [0, 0.05) is 17.3 Å². The Hall–Kier alpha value is -3.10. The molecule has 4 amide bonds. The molecule has 5 N–H and O–H groups in total. The molecule has 0 bridgehead atoms. The van der Waals surface area contributed by atoms with E-state index in [2.05, 4.69) is 21.3 Å². The van der Waals surface area contributed by atoms with Crippen molar-refractivity contribution < 1.29 is 24.3 Å². The molecule has 0 radical (unpaired) electrons. The molecule has 1 aliphatic rings. The number of nitrogens with one attached hydrogen (secondary N) is 4. The van der Waals surface area contributed by atoms with E-state index in [9.17, 15) is 19.2 Å². The first-order chi connectivity index (χ1) is 13.3. The number of anilines is 1. The van der Waals surface area contributed by atoms with E-state index in [1.54, 1.807) is 0 Å². The lowest BCUT2D eigenvalue weighted by atomic mass is 9.96. The number of aliphatic carboxylic acids is 1. The van der Waals surface area contributed by atoms with E-state index in [0.717, 1.165) is 25.7 Å². The Morgan fingerprint density at radius 1 is 1.07 bits per heavy atom. The van der Waals surface area contributed by atoms with Gasteiger partial charge in [0.25, 0.3) is 5.91 Å². The van der Waals surface area contributed by atoms with Crippen molar-refractivity contribution in [3.05, 3.63) is 29.8 Å². The maximum absolute atomic E-state index is 12.0. The smallest absolute Gasteiger partial charge is 0.325 e. The standard InChI is InChI=1S/C19H26N4O5/c1-12(18(26)27)21-17(25)13-7-9-15(10-8-13)22-16(24)11-20-19(28)23-14-5-3-2-4-6-14/h7-10,12,14H,2-6,11H2,1H3,(H,21,25)(H,22,24)(H,26,27)(H2,20,23,28). The van der Waals surface area contributed by atoms with E-state index < -0.39 is 23.8 Å². The first-order valence-electron chi connectivity index (χ1n) is 9.33. The molecular weight excluding hydrogens is 364 g/mol. The van der Waals surface area contributed by atoms with E-state index >= 15 is 0 Å². The van der Waals surface area contributed by atoms with E-state index in [-0.39, 0.29) is 24.2 Å². The summed E-state index contributed by atoms with van der Waals surface area (Å²) in [4.78, 5) is 46.5. The van der Waals surface area contributed by atoms with E-state index in [0.29, 0.717) is 5.69 Å². The summed E-state index contributed by atoms with van der Waals surface area (Å²) in [7, 11) is 0. The second-order valence-electron chi connectivity index (χ2n) is 6.82. The number of amides is 4. The number of carboxylic acids is 1. The molecular formula is C19H26N4O5. The summed E-state index contributed by atoms with van der Waals surface area (Å²) in [5, 5.41) is 19.2. The molecule has 0 aliphatic heterocycles. The van der Waals surface area contributed by atoms with Gasteiger partial charge in [-0.1, -0.05) is 19.3 Å². The Kier molecular flexibility index (Phi) is 7.79. The number of carbonyl (C=O) groups is 4. The van der Waals surface area contributed by atoms with Crippen molar-refractivity contribution in [2.24, 2.45) is 0 Å². The number of benzene rings is 1. The van der Waals surface area contributed by atoms with Crippen LogP contribution in [-0.2, 0) is 9.59 Å². The Morgan fingerprint density at radius 2 is 1.71 bits per heavy atom. The average Bonchev–Trinajstić information content (AvgIpc) is 2.67. The maximum Gasteiger partial charge on any atom is 0.325 e. The third-order valence-electron chi connectivity index (χ3n) is 4.50. The van der Waals surface area contributed by atoms with Gasteiger partial charge in [-0.3, -0.25) is 14.4 Å². The fourth-order valence-electron chi connectivity index (χ4n) is 2.90. The Bertz CT molecular complexity index is 714. The minimum atomic E-state index is -1.13. The van der Waals surface area contributed by atoms with Crippen molar-refractivity contribution in [1.29, 1.82) is 0 Å². The zero-order valence-corrected chi connectivity index (χ0v) is 15.8. The van der Waals surface area contributed by atoms with Crippen LogP contribution in [0, 0.1) is 0 Å². The van der Waals surface area contributed by atoms with Gasteiger partial charge >= 0.3 is 12.0 Å². The summed E-state index contributed by atoms with van der Waals surface area (Å²) in [5.74, 6) is -2.04. The fourth-order valence-corrected chi connectivity index (χ4v) is 2.90. The van der Waals surface area contributed by atoms with Gasteiger partial charge < -0.3 is 26.4 Å². The van der Waals surface area contributed by atoms with Crippen LogP contribution < -0.4 is 21.3 Å². The minimum absolute atomic E-state index is 0.166. The summed E-state index contributed by atoms with van der Waals surface area (Å²) in [6, 6.07) is 4.81. The monoisotopic (exact) mass is 390 g/mol. The lowest BCUT2D eigenvalue weighted by Crippen LogP contribution is -2.45.